The number of likely N-dealkylation sites (tertiary alicyclic amines) is 1. The molecule has 150 valence electrons. The van der Waals surface area contributed by atoms with Crippen molar-refractivity contribution in [3.63, 3.8) is 0 Å². The zero-order chi connectivity index (χ0) is 18.9. The van der Waals surface area contributed by atoms with Gasteiger partial charge in [0.2, 0.25) is 0 Å². The van der Waals surface area contributed by atoms with E-state index in [0.29, 0.717) is 23.9 Å². The maximum absolute atomic E-state index is 13.4. The van der Waals surface area contributed by atoms with E-state index in [1.54, 1.807) is 0 Å². The number of fused-ring (bicyclic) bond motifs is 1. The van der Waals surface area contributed by atoms with Crippen LogP contribution in [-0.2, 0) is 6.54 Å². The van der Waals surface area contributed by atoms with Crippen molar-refractivity contribution >= 4 is 18.3 Å². The number of halogens is 1. The average Bonchev–Trinajstić information content (AvgIpc) is 3.44. The van der Waals surface area contributed by atoms with Crippen molar-refractivity contribution in [2.45, 2.75) is 6.54 Å². The molecular weight excluding hydrogens is 384 g/mol. The summed E-state index contributed by atoms with van der Waals surface area (Å²) in [6, 6.07) is 20.2. The normalized spacial score (nSPS) is 20.3. The zero-order valence-electron chi connectivity index (χ0n) is 16.2. The lowest BCUT2D eigenvalue weighted by Crippen LogP contribution is -2.32. The molecule has 5 rings (SSSR count). The lowest BCUT2D eigenvalue weighted by atomic mass is 10.0. The summed E-state index contributed by atoms with van der Waals surface area (Å²) < 4.78 is 1.89. The van der Waals surface area contributed by atoms with Crippen LogP contribution in [0, 0.1) is 11.8 Å². The fourth-order valence-corrected chi connectivity index (χ4v) is 4.43. The molecule has 2 aromatic carbocycles. The van der Waals surface area contributed by atoms with Gasteiger partial charge >= 0.3 is 0 Å². The predicted molar refractivity (Wildman–Crippen MR) is 116 cm³/mol. The molecule has 29 heavy (non-hydrogen) atoms. The summed E-state index contributed by atoms with van der Waals surface area (Å²) in [6.07, 6.45) is 1.92. The smallest absolute Gasteiger partial charge is 0.257 e. The molecule has 6 heteroatoms. The number of carbonyl (C=O) groups excluding carboxylic acids is 1. The molecule has 0 radical (unpaired) electrons. The fraction of sp³-hybridized carbons (Fsp3) is 0.304. The summed E-state index contributed by atoms with van der Waals surface area (Å²) in [5.74, 6) is 1.28. The van der Waals surface area contributed by atoms with Crippen molar-refractivity contribution < 1.29 is 4.79 Å². The van der Waals surface area contributed by atoms with Gasteiger partial charge in [-0.25, -0.2) is 0 Å². The highest BCUT2D eigenvalue weighted by atomic mass is 35.5. The molecule has 0 unspecified atom stereocenters. The summed E-state index contributed by atoms with van der Waals surface area (Å²) >= 11 is 0. The van der Waals surface area contributed by atoms with Gasteiger partial charge < -0.3 is 10.2 Å². The van der Waals surface area contributed by atoms with Gasteiger partial charge in [0.1, 0.15) is 5.69 Å². The fourth-order valence-electron chi connectivity index (χ4n) is 4.43. The van der Waals surface area contributed by atoms with Gasteiger partial charge in [-0.1, -0.05) is 60.7 Å². The van der Waals surface area contributed by atoms with Crippen LogP contribution in [-0.4, -0.2) is 46.8 Å². The Morgan fingerprint density at radius 1 is 0.966 bits per heavy atom. The highest BCUT2D eigenvalue weighted by Gasteiger charge is 2.39. The molecule has 1 N–H and O–H groups in total. The maximum atomic E-state index is 13.4. The van der Waals surface area contributed by atoms with Gasteiger partial charge in [0.15, 0.2) is 0 Å². The van der Waals surface area contributed by atoms with Crippen LogP contribution in [0.15, 0.2) is 66.9 Å². The second-order valence-electron chi connectivity index (χ2n) is 7.83. The number of aromatic nitrogens is 2. The van der Waals surface area contributed by atoms with Crippen molar-refractivity contribution in [3.05, 3.63) is 78.0 Å². The lowest BCUT2D eigenvalue weighted by molar-refractivity contribution is 0.0782. The Balaban J connectivity index is 0.00000205. The van der Waals surface area contributed by atoms with Gasteiger partial charge in [-0.15, -0.1) is 12.4 Å². The first-order chi connectivity index (χ1) is 13.8. The number of carbonyl (C=O) groups is 1. The van der Waals surface area contributed by atoms with E-state index in [9.17, 15) is 4.79 Å². The third kappa shape index (κ3) is 3.93. The van der Waals surface area contributed by atoms with E-state index in [1.807, 2.05) is 64.3 Å². The van der Waals surface area contributed by atoms with Gasteiger partial charge in [0, 0.05) is 37.9 Å². The average molecular weight is 409 g/mol. The van der Waals surface area contributed by atoms with E-state index in [-0.39, 0.29) is 18.3 Å². The van der Waals surface area contributed by atoms with Crippen LogP contribution < -0.4 is 5.32 Å². The molecule has 5 nitrogen and oxygen atoms in total. The second-order valence-corrected chi connectivity index (χ2v) is 7.83. The van der Waals surface area contributed by atoms with Crippen molar-refractivity contribution in [2.75, 3.05) is 26.2 Å². The van der Waals surface area contributed by atoms with E-state index in [4.69, 9.17) is 5.10 Å². The molecule has 2 saturated heterocycles. The molecule has 0 bridgehead atoms. The Labute approximate surface area is 177 Å². The number of benzene rings is 2. The van der Waals surface area contributed by atoms with Gasteiger partial charge in [0.25, 0.3) is 5.91 Å². The van der Waals surface area contributed by atoms with Gasteiger partial charge in [-0.3, -0.25) is 9.48 Å². The summed E-state index contributed by atoms with van der Waals surface area (Å²) in [5.41, 5.74) is 3.64. The first-order valence-electron chi connectivity index (χ1n) is 9.95. The molecule has 0 saturated carbocycles. The first-order valence-corrected chi connectivity index (χ1v) is 9.95. The largest absolute Gasteiger partial charge is 0.338 e. The molecule has 1 amide bonds. The molecule has 1 aromatic heterocycles. The first kappa shape index (κ1) is 19.7. The summed E-state index contributed by atoms with van der Waals surface area (Å²) in [6.45, 7) is 4.38. The van der Waals surface area contributed by atoms with E-state index >= 15 is 0 Å². The van der Waals surface area contributed by atoms with Crippen molar-refractivity contribution in [3.8, 4) is 11.3 Å². The Hall–Kier alpha value is -2.63. The summed E-state index contributed by atoms with van der Waals surface area (Å²) in [5, 5.41) is 8.23. The highest BCUT2D eigenvalue weighted by molar-refractivity contribution is 6.00. The summed E-state index contributed by atoms with van der Waals surface area (Å²) in [7, 11) is 0. The minimum absolute atomic E-state index is 0. The van der Waals surface area contributed by atoms with Gasteiger partial charge in [0.05, 0.1) is 12.1 Å². The van der Waals surface area contributed by atoms with Crippen molar-refractivity contribution in [1.29, 1.82) is 0 Å². The Kier molecular flexibility index (Phi) is 5.69. The number of nitrogens with one attached hydrogen (secondary N) is 1. The third-order valence-corrected chi connectivity index (χ3v) is 5.90. The second kappa shape index (κ2) is 8.39. The number of hydrogen-bond donors (Lipinski definition) is 1. The Morgan fingerprint density at radius 2 is 1.59 bits per heavy atom. The number of rotatable bonds is 4. The van der Waals surface area contributed by atoms with Crippen LogP contribution >= 0.6 is 12.4 Å². The molecule has 2 fully saturated rings. The van der Waals surface area contributed by atoms with E-state index in [2.05, 4.69) is 17.4 Å². The summed E-state index contributed by atoms with van der Waals surface area (Å²) in [4.78, 5) is 15.4. The molecule has 0 aliphatic carbocycles. The molecule has 2 aliphatic heterocycles. The number of nitrogens with zero attached hydrogens (tertiary/aromatic N) is 3. The zero-order valence-corrected chi connectivity index (χ0v) is 17.0. The number of amides is 1. The van der Waals surface area contributed by atoms with Crippen LogP contribution in [0.25, 0.3) is 11.3 Å². The van der Waals surface area contributed by atoms with Crippen LogP contribution in [0.5, 0.6) is 0 Å². The predicted octanol–water partition coefficient (Wildman–Crippen LogP) is 3.31. The SMILES string of the molecule is Cl.O=C(c1cn(Cc2ccccc2)nc1-c1ccccc1)N1C[C@H]2CNC[C@H]2C1. The third-order valence-electron chi connectivity index (χ3n) is 5.90. The minimum atomic E-state index is 0. The van der Waals surface area contributed by atoms with Gasteiger partial charge in [-0.05, 0) is 17.4 Å². The van der Waals surface area contributed by atoms with Crippen LogP contribution in [0.3, 0.4) is 0 Å². The standard InChI is InChI=1S/C23H24N4O.ClH/c28-23(26-14-19-11-24-12-20(19)15-26)21-16-27(13-17-7-3-1-4-8-17)25-22(21)18-9-5-2-6-10-18;/h1-10,16,19-20,24H,11-15H2;1H/t19-,20+;. The van der Waals surface area contributed by atoms with Crippen LogP contribution in [0.2, 0.25) is 0 Å². The molecular formula is C23H25ClN4O. The molecule has 0 spiro atoms. The maximum Gasteiger partial charge on any atom is 0.257 e. The topological polar surface area (TPSA) is 50.2 Å². The minimum Gasteiger partial charge on any atom is -0.338 e. The van der Waals surface area contributed by atoms with E-state index in [0.717, 1.165) is 37.4 Å². The van der Waals surface area contributed by atoms with E-state index < -0.39 is 0 Å². The van der Waals surface area contributed by atoms with Crippen molar-refractivity contribution in [1.82, 2.24) is 20.0 Å². The van der Waals surface area contributed by atoms with Crippen LogP contribution in [0.4, 0.5) is 0 Å². The number of hydrogen-bond acceptors (Lipinski definition) is 3. The van der Waals surface area contributed by atoms with E-state index in [1.165, 1.54) is 5.56 Å². The lowest BCUT2D eigenvalue weighted by Gasteiger charge is -2.17. The van der Waals surface area contributed by atoms with Crippen molar-refractivity contribution in [2.24, 2.45) is 11.8 Å². The Bertz CT molecular complexity index is 961. The van der Waals surface area contributed by atoms with Gasteiger partial charge in [-0.2, -0.15) is 5.10 Å². The van der Waals surface area contributed by atoms with Crippen LogP contribution in [0.1, 0.15) is 15.9 Å². The molecule has 2 aliphatic rings. The highest BCUT2D eigenvalue weighted by Crippen LogP contribution is 2.30. The monoisotopic (exact) mass is 408 g/mol. The Morgan fingerprint density at radius 3 is 2.24 bits per heavy atom. The quantitative estimate of drug-likeness (QED) is 0.720. The molecule has 2 atom stereocenters. The molecule has 3 aromatic rings. The molecule has 3 heterocycles.